The minimum absolute atomic E-state index is 0.153. The van der Waals surface area contributed by atoms with Gasteiger partial charge < -0.3 is 5.73 Å². The molecule has 0 amide bonds. The number of nitrogens with two attached hydrogens (primary N) is 1. The normalized spacial score (nSPS) is 10.8. The summed E-state index contributed by atoms with van der Waals surface area (Å²) < 4.78 is 1.30. The second-order valence-electron chi connectivity index (χ2n) is 4.02. The molecule has 0 atom stereocenters. The standard InChI is InChI=1S/C12H10N8O2/c13-5-10(12(14)15)18-17-9-3-1-2-4-11(9)19-7-8(6-16-19)20(21)22/h1-4,6-7,17H,(H3,14,15)/b18-10+. The molecule has 10 nitrogen and oxygen atoms in total. The molecular formula is C12H10N8O2. The van der Waals surface area contributed by atoms with Crippen molar-refractivity contribution in [3.8, 4) is 11.8 Å². The highest BCUT2D eigenvalue weighted by Crippen LogP contribution is 2.21. The molecule has 2 aromatic rings. The van der Waals surface area contributed by atoms with Gasteiger partial charge in [-0.2, -0.15) is 15.5 Å². The summed E-state index contributed by atoms with van der Waals surface area (Å²) in [6.07, 6.45) is 2.37. The van der Waals surface area contributed by atoms with Crippen molar-refractivity contribution < 1.29 is 4.92 Å². The second-order valence-corrected chi connectivity index (χ2v) is 4.02. The van der Waals surface area contributed by atoms with Crippen molar-refractivity contribution >= 4 is 22.9 Å². The summed E-state index contributed by atoms with van der Waals surface area (Å²) in [4.78, 5) is 10.1. The maximum atomic E-state index is 10.7. The quantitative estimate of drug-likeness (QED) is 0.323. The topological polar surface area (TPSA) is 159 Å². The molecule has 110 valence electrons. The highest BCUT2D eigenvalue weighted by Gasteiger charge is 2.12. The van der Waals surface area contributed by atoms with Crippen molar-refractivity contribution in [1.82, 2.24) is 9.78 Å². The summed E-state index contributed by atoms with van der Waals surface area (Å²) in [6.45, 7) is 0. The maximum Gasteiger partial charge on any atom is 0.307 e. The van der Waals surface area contributed by atoms with Crippen LogP contribution in [0.15, 0.2) is 41.8 Å². The largest absolute Gasteiger partial charge is 0.382 e. The van der Waals surface area contributed by atoms with Gasteiger partial charge >= 0.3 is 5.69 Å². The first-order valence-corrected chi connectivity index (χ1v) is 5.89. The van der Waals surface area contributed by atoms with E-state index >= 15 is 0 Å². The van der Waals surface area contributed by atoms with Gasteiger partial charge in [-0.3, -0.25) is 20.9 Å². The molecule has 22 heavy (non-hydrogen) atoms. The molecule has 0 saturated heterocycles. The number of amidine groups is 1. The lowest BCUT2D eigenvalue weighted by molar-refractivity contribution is -0.384. The van der Waals surface area contributed by atoms with Crippen LogP contribution in [0, 0.1) is 26.9 Å². The molecule has 0 saturated carbocycles. The molecule has 0 aliphatic heterocycles. The molecule has 2 rings (SSSR count). The molecule has 1 heterocycles. The molecule has 4 N–H and O–H groups in total. The number of hydrogen-bond acceptors (Lipinski definition) is 7. The third kappa shape index (κ3) is 3.05. The van der Waals surface area contributed by atoms with Crippen LogP contribution in [0.25, 0.3) is 5.69 Å². The molecule has 1 aromatic heterocycles. The van der Waals surface area contributed by atoms with Gasteiger partial charge in [-0.25, -0.2) is 4.68 Å². The molecular weight excluding hydrogens is 288 g/mol. The number of nitrogens with zero attached hydrogens (tertiary/aromatic N) is 5. The lowest BCUT2D eigenvalue weighted by Gasteiger charge is -2.08. The van der Waals surface area contributed by atoms with Crippen LogP contribution >= 0.6 is 0 Å². The van der Waals surface area contributed by atoms with Gasteiger partial charge in [-0.15, -0.1) is 0 Å². The van der Waals surface area contributed by atoms with E-state index in [0.717, 1.165) is 6.20 Å². The molecule has 1 aromatic carbocycles. The Labute approximate surface area is 124 Å². The summed E-state index contributed by atoms with van der Waals surface area (Å²) in [6, 6.07) is 8.40. The number of hydrogen-bond donors (Lipinski definition) is 3. The number of hydrazone groups is 1. The van der Waals surface area contributed by atoms with Crippen molar-refractivity contribution in [2.24, 2.45) is 10.8 Å². The zero-order valence-electron chi connectivity index (χ0n) is 11.1. The van der Waals surface area contributed by atoms with Gasteiger partial charge in [0.2, 0.25) is 5.71 Å². The number of aromatic nitrogens is 2. The summed E-state index contributed by atoms with van der Waals surface area (Å²) in [5.41, 5.74) is 8.29. The van der Waals surface area contributed by atoms with Gasteiger partial charge in [-0.05, 0) is 12.1 Å². The highest BCUT2D eigenvalue weighted by molar-refractivity contribution is 6.45. The Kier molecular flexibility index (Phi) is 4.09. The van der Waals surface area contributed by atoms with Gasteiger partial charge in [0.1, 0.15) is 18.5 Å². The molecule has 0 radical (unpaired) electrons. The Morgan fingerprint density at radius 3 is 2.86 bits per heavy atom. The maximum absolute atomic E-state index is 10.7. The van der Waals surface area contributed by atoms with Gasteiger partial charge in [0, 0.05) is 0 Å². The van der Waals surface area contributed by atoms with E-state index in [0.29, 0.717) is 11.4 Å². The van der Waals surface area contributed by atoms with Gasteiger partial charge in [0.15, 0.2) is 5.84 Å². The van der Waals surface area contributed by atoms with Crippen LogP contribution in [0.3, 0.4) is 0 Å². The minimum Gasteiger partial charge on any atom is -0.382 e. The molecule has 0 unspecified atom stereocenters. The van der Waals surface area contributed by atoms with Crippen molar-refractivity contribution in [2.75, 3.05) is 5.43 Å². The fourth-order valence-electron chi connectivity index (χ4n) is 1.57. The second kappa shape index (κ2) is 6.14. The van der Waals surface area contributed by atoms with Gasteiger partial charge in [0.25, 0.3) is 0 Å². The van der Waals surface area contributed by atoms with Crippen LogP contribution in [-0.2, 0) is 0 Å². The summed E-state index contributed by atoms with van der Waals surface area (Å²) in [7, 11) is 0. The number of nitrogens with one attached hydrogen (secondary N) is 2. The highest BCUT2D eigenvalue weighted by atomic mass is 16.6. The monoisotopic (exact) mass is 298 g/mol. The fourth-order valence-corrected chi connectivity index (χ4v) is 1.57. The van der Waals surface area contributed by atoms with Gasteiger partial charge in [-0.1, -0.05) is 12.1 Å². The SMILES string of the molecule is N#C/C(=N\Nc1ccccc1-n1cc([N+](=O)[O-])cn1)C(=N)N. The first-order chi connectivity index (χ1) is 10.5. The van der Waals surface area contributed by atoms with Crippen LogP contribution in [-0.4, -0.2) is 26.3 Å². The number of nitro groups is 1. The van der Waals surface area contributed by atoms with Gasteiger partial charge in [0.05, 0.1) is 16.3 Å². The van der Waals surface area contributed by atoms with E-state index in [1.165, 1.54) is 10.9 Å². The zero-order valence-corrected chi connectivity index (χ0v) is 11.1. The molecule has 10 heteroatoms. The smallest absolute Gasteiger partial charge is 0.307 e. The van der Waals surface area contributed by atoms with Crippen molar-refractivity contribution in [1.29, 1.82) is 10.7 Å². The van der Waals surface area contributed by atoms with Crippen LogP contribution in [0.5, 0.6) is 0 Å². The van der Waals surface area contributed by atoms with E-state index in [9.17, 15) is 10.1 Å². The molecule has 0 spiro atoms. The van der Waals surface area contributed by atoms with E-state index in [-0.39, 0.29) is 11.4 Å². The van der Waals surface area contributed by atoms with E-state index in [1.54, 1.807) is 30.3 Å². The summed E-state index contributed by atoms with van der Waals surface area (Å²) in [5, 5.41) is 34.3. The molecule has 0 fully saturated rings. The lowest BCUT2D eigenvalue weighted by Crippen LogP contribution is -2.22. The van der Waals surface area contributed by atoms with Crippen LogP contribution in [0.2, 0.25) is 0 Å². The average Bonchev–Trinajstić information content (AvgIpc) is 2.98. The van der Waals surface area contributed by atoms with Crippen molar-refractivity contribution in [3.05, 3.63) is 46.8 Å². The van der Waals surface area contributed by atoms with Crippen molar-refractivity contribution in [3.63, 3.8) is 0 Å². The summed E-state index contributed by atoms with van der Waals surface area (Å²) in [5.74, 6) is -0.470. The van der Waals surface area contributed by atoms with Crippen LogP contribution < -0.4 is 11.2 Å². The lowest BCUT2D eigenvalue weighted by atomic mass is 10.3. The molecule has 0 bridgehead atoms. The van der Waals surface area contributed by atoms with Crippen molar-refractivity contribution in [2.45, 2.75) is 0 Å². The van der Waals surface area contributed by atoms with E-state index in [1.807, 2.05) is 0 Å². The van der Waals surface area contributed by atoms with Crippen LogP contribution in [0.1, 0.15) is 0 Å². The number of nitriles is 1. The third-order valence-corrected chi connectivity index (χ3v) is 2.58. The average molecular weight is 298 g/mol. The van der Waals surface area contributed by atoms with E-state index in [2.05, 4.69) is 15.6 Å². The number of para-hydroxylation sites is 2. The molecule has 0 aliphatic carbocycles. The Hall–Kier alpha value is -3.74. The minimum atomic E-state index is -0.554. The number of benzene rings is 1. The first-order valence-electron chi connectivity index (χ1n) is 5.89. The van der Waals surface area contributed by atoms with E-state index < -0.39 is 10.8 Å². The Morgan fingerprint density at radius 2 is 2.27 bits per heavy atom. The summed E-state index contributed by atoms with van der Waals surface area (Å²) >= 11 is 0. The molecule has 0 aliphatic rings. The number of rotatable bonds is 5. The Morgan fingerprint density at radius 1 is 1.55 bits per heavy atom. The Balaban J connectivity index is 2.36. The van der Waals surface area contributed by atoms with Crippen LogP contribution in [0.4, 0.5) is 11.4 Å². The van der Waals surface area contributed by atoms with E-state index in [4.69, 9.17) is 16.4 Å². The zero-order chi connectivity index (χ0) is 16.1. The number of anilines is 1. The predicted octanol–water partition coefficient (Wildman–Crippen LogP) is 1.01. The first kappa shape index (κ1) is 14.7. The predicted molar refractivity (Wildman–Crippen MR) is 78.8 cm³/mol. The third-order valence-electron chi connectivity index (χ3n) is 2.58. The Bertz CT molecular complexity index is 801. The fraction of sp³-hybridized carbons (Fsp3) is 0.